The van der Waals surface area contributed by atoms with Crippen LogP contribution >= 0.6 is 0 Å². The van der Waals surface area contributed by atoms with Crippen LogP contribution in [0.15, 0.2) is 36.7 Å². The summed E-state index contributed by atoms with van der Waals surface area (Å²) in [6.07, 6.45) is 9.82. The van der Waals surface area contributed by atoms with Gasteiger partial charge in [-0.05, 0) is 35.9 Å². The Bertz CT molecular complexity index is 527. The number of nitrogens with zero attached hydrogens (tertiary/aromatic N) is 1. The van der Waals surface area contributed by atoms with Crippen LogP contribution in [0, 0.1) is 0 Å². The van der Waals surface area contributed by atoms with Gasteiger partial charge >= 0.3 is 0 Å². The Labute approximate surface area is 102 Å². The number of hydrogen-bond acceptors (Lipinski definition) is 2. The molecule has 1 aromatic heterocycles. The van der Waals surface area contributed by atoms with Crippen LogP contribution in [-0.4, -0.2) is 4.98 Å². The van der Waals surface area contributed by atoms with Crippen LogP contribution in [0.1, 0.15) is 37.7 Å². The van der Waals surface area contributed by atoms with Crippen LogP contribution in [-0.2, 0) is 5.54 Å². The summed E-state index contributed by atoms with van der Waals surface area (Å²) >= 11 is 0. The van der Waals surface area contributed by atoms with Crippen LogP contribution < -0.4 is 5.73 Å². The van der Waals surface area contributed by atoms with E-state index in [0.29, 0.717) is 0 Å². The van der Waals surface area contributed by atoms with E-state index < -0.39 is 0 Å². The Balaban J connectivity index is 2.05. The lowest BCUT2D eigenvalue weighted by Gasteiger charge is -2.34. The second-order valence-corrected chi connectivity index (χ2v) is 5.15. The van der Waals surface area contributed by atoms with Crippen LogP contribution in [0.5, 0.6) is 0 Å². The Hall–Kier alpha value is -1.41. The van der Waals surface area contributed by atoms with Crippen LogP contribution in [0.3, 0.4) is 0 Å². The first-order chi connectivity index (χ1) is 8.28. The molecule has 3 rings (SSSR count). The van der Waals surface area contributed by atoms with Gasteiger partial charge in [0.1, 0.15) is 0 Å². The Morgan fingerprint density at radius 3 is 2.65 bits per heavy atom. The van der Waals surface area contributed by atoms with Gasteiger partial charge in [-0.25, -0.2) is 0 Å². The van der Waals surface area contributed by atoms with Gasteiger partial charge in [-0.2, -0.15) is 0 Å². The lowest BCUT2D eigenvalue weighted by Crippen LogP contribution is -2.38. The molecule has 0 radical (unpaired) electrons. The van der Waals surface area contributed by atoms with Gasteiger partial charge in [0.15, 0.2) is 0 Å². The SMILES string of the molecule is NC1(c2ccc3cnccc3c2)CCCCC1. The Kier molecular flexibility index (Phi) is 2.60. The van der Waals surface area contributed by atoms with Crippen molar-refractivity contribution in [1.82, 2.24) is 4.98 Å². The number of nitrogens with two attached hydrogens (primary N) is 1. The van der Waals surface area contributed by atoms with Gasteiger partial charge in [0, 0.05) is 23.3 Å². The average molecular weight is 226 g/mol. The lowest BCUT2D eigenvalue weighted by molar-refractivity contribution is 0.302. The highest BCUT2D eigenvalue weighted by atomic mass is 14.7. The zero-order chi connectivity index (χ0) is 11.7. The summed E-state index contributed by atoms with van der Waals surface area (Å²) in [6, 6.07) is 8.61. The molecule has 0 amide bonds. The summed E-state index contributed by atoms with van der Waals surface area (Å²) in [6.45, 7) is 0. The number of benzene rings is 1. The van der Waals surface area contributed by atoms with E-state index in [-0.39, 0.29) is 5.54 Å². The molecule has 0 bridgehead atoms. The predicted octanol–water partition coefficient (Wildman–Crippen LogP) is 3.35. The third-order valence-electron chi connectivity index (χ3n) is 3.96. The maximum atomic E-state index is 6.56. The summed E-state index contributed by atoms with van der Waals surface area (Å²) in [7, 11) is 0. The third-order valence-corrected chi connectivity index (χ3v) is 3.96. The van der Waals surface area contributed by atoms with E-state index >= 15 is 0 Å². The molecule has 2 heteroatoms. The molecule has 0 spiro atoms. The second-order valence-electron chi connectivity index (χ2n) is 5.15. The van der Waals surface area contributed by atoms with E-state index in [9.17, 15) is 0 Å². The minimum atomic E-state index is -0.101. The molecule has 1 aliphatic rings. The summed E-state index contributed by atoms with van der Waals surface area (Å²) < 4.78 is 0. The second kappa shape index (κ2) is 4.11. The predicted molar refractivity (Wildman–Crippen MR) is 70.7 cm³/mol. The first-order valence-corrected chi connectivity index (χ1v) is 6.41. The number of aromatic nitrogens is 1. The van der Waals surface area contributed by atoms with E-state index in [1.165, 1.54) is 35.6 Å². The fourth-order valence-electron chi connectivity index (χ4n) is 2.86. The molecule has 1 saturated carbocycles. The summed E-state index contributed by atoms with van der Waals surface area (Å²) in [4.78, 5) is 4.14. The highest BCUT2D eigenvalue weighted by Gasteiger charge is 2.29. The minimum absolute atomic E-state index is 0.101. The van der Waals surface area contributed by atoms with Gasteiger partial charge in [0.05, 0.1) is 0 Å². The van der Waals surface area contributed by atoms with E-state index in [4.69, 9.17) is 5.73 Å². The Morgan fingerprint density at radius 2 is 1.82 bits per heavy atom. The van der Waals surface area contributed by atoms with Crippen molar-refractivity contribution in [3.05, 3.63) is 42.2 Å². The highest BCUT2D eigenvalue weighted by molar-refractivity contribution is 5.82. The van der Waals surface area contributed by atoms with Crippen molar-refractivity contribution in [3.8, 4) is 0 Å². The van der Waals surface area contributed by atoms with Gasteiger partial charge in [-0.15, -0.1) is 0 Å². The smallest absolute Gasteiger partial charge is 0.0409 e. The summed E-state index contributed by atoms with van der Waals surface area (Å²) in [5.74, 6) is 0. The van der Waals surface area contributed by atoms with E-state index in [2.05, 4.69) is 29.2 Å². The van der Waals surface area contributed by atoms with Crippen molar-refractivity contribution >= 4 is 10.8 Å². The molecule has 1 aromatic carbocycles. The zero-order valence-electron chi connectivity index (χ0n) is 10.0. The zero-order valence-corrected chi connectivity index (χ0v) is 10.0. The summed E-state index contributed by atoms with van der Waals surface area (Å²) in [5, 5.41) is 2.43. The number of hydrogen-bond donors (Lipinski definition) is 1. The monoisotopic (exact) mass is 226 g/mol. The molecule has 2 aromatic rings. The van der Waals surface area contributed by atoms with Crippen LogP contribution in [0.2, 0.25) is 0 Å². The molecule has 0 saturated heterocycles. The number of rotatable bonds is 1. The standard InChI is InChI=1S/C15H18N2/c16-15(7-2-1-3-8-15)14-5-4-13-11-17-9-6-12(13)10-14/h4-6,9-11H,1-3,7-8,16H2. The molecule has 0 unspecified atom stereocenters. The maximum absolute atomic E-state index is 6.56. The molecule has 1 aliphatic carbocycles. The van der Waals surface area contributed by atoms with Crippen molar-refractivity contribution in [2.75, 3.05) is 0 Å². The fourth-order valence-corrected chi connectivity index (χ4v) is 2.86. The van der Waals surface area contributed by atoms with Gasteiger partial charge in [-0.3, -0.25) is 4.98 Å². The van der Waals surface area contributed by atoms with Gasteiger partial charge < -0.3 is 5.73 Å². The van der Waals surface area contributed by atoms with Crippen molar-refractivity contribution in [1.29, 1.82) is 0 Å². The van der Waals surface area contributed by atoms with Crippen molar-refractivity contribution in [2.45, 2.75) is 37.6 Å². The van der Waals surface area contributed by atoms with Crippen molar-refractivity contribution < 1.29 is 0 Å². The lowest BCUT2D eigenvalue weighted by atomic mass is 9.77. The molecular formula is C15H18N2. The molecule has 1 heterocycles. The average Bonchev–Trinajstić information content (AvgIpc) is 2.39. The summed E-state index contributed by atoms with van der Waals surface area (Å²) in [5.41, 5.74) is 7.74. The number of fused-ring (bicyclic) bond motifs is 1. The quantitative estimate of drug-likeness (QED) is 0.809. The van der Waals surface area contributed by atoms with E-state index in [1.807, 2.05) is 12.4 Å². The largest absolute Gasteiger partial charge is 0.321 e. The van der Waals surface area contributed by atoms with Crippen LogP contribution in [0.25, 0.3) is 10.8 Å². The van der Waals surface area contributed by atoms with Crippen LogP contribution in [0.4, 0.5) is 0 Å². The molecule has 0 atom stereocenters. The van der Waals surface area contributed by atoms with E-state index in [1.54, 1.807) is 0 Å². The van der Waals surface area contributed by atoms with E-state index in [0.717, 1.165) is 12.8 Å². The van der Waals surface area contributed by atoms with Crippen molar-refractivity contribution in [2.24, 2.45) is 5.73 Å². The normalized spacial score (nSPS) is 19.4. The molecule has 88 valence electrons. The van der Waals surface area contributed by atoms with Gasteiger partial charge in [0.2, 0.25) is 0 Å². The van der Waals surface area contributed by atoms with Gasteiger partial charge in [0.25, 0.3) is 0 Å². The first-order valence-electron chi connectivity index (χ1n) is 6.41. The fraction of sp³-hybridized carbons (Fsp3) is 0.400. The highest BCUT2D eigenvalue weighted by Crippen LogP contribution is 2.35. The molecule has 2 N–H and O–H groups in total. The molecule has 17 heavy (non-hydrogen) atoms. The maximum Gasteiger partial charge on any atom is 0.0409 e. The first kappa shape index (κ1) is 10.7. The van der Waals surface area contributed by atoms with Crippen molar-refractivity contribution in [3.63, 3.8) is 0 Å². The third kappa shape index (κ3) is 1.93. The molecule has 2 nitrogen and oxygen atoms in total. The minimum Gasteiger partial charge on any atom is -0.321 e. The van der Waals surface area contributed by atoms with Gasteiger partial charge in [-0.1, -0.05) is 31.4 Å². The molecular weight excluding hydrogens is 208 g/mol. The molecule has 1 fully saturated rings. The Morgan fingerprint density at radius 1 is 1.00 bits per heavy atom. The number of pyridine rings is 1. The molecule has 0 aliphatic heterocycles. The topological polar surface area (TPSA) is 38.9 Å².